The van der Waals surface area contributed by atoms with E-state index in [-0.39, 0.29) is 0 Å². The Balaban J connectivity index is 1.39. The van der Waals surface area contributed by atoms with Gasteiger partial charge in [0.05, 0.1) is 18.9 Å². The molecule has 0 bridgehead atoms. The van der Waals surface area contributed by atoms with E-state index >= 15 is 0 Å². The molecule has 1 saturated heterocycles. The van der Waals surface area contributed by atoms with Crippen LogP contribution in [0.1, 0.15) is 5.69 Å². The van der Waals surface area contributed by atoms with Crippen LogP contribution in [0, 0.1) is 6.92 Å². The molecule has 28 heavy (non-hydrogen) atoms. The standard InChI is InChI=1S/C22H24ClN3O2/c1-16-21(17-2-6-19(23)7-3-17)25-22(24-16)18-4-8-20(9-5-18)28-15-12-26-10-13-27-14-11-26/h2-9H,10-15H2,1H3,(H,24,25). The molecule has 0 atom stereocenters. The van der Waals surface area contributed by atoms with Crippen LogP contribution in [0.5, 0.6) is 5.75 Å². The molecule has 1 aliphatic rings. The maximum absolute atomic E-state index is 5.99. The molecule has 0 amide bonds. The Labute approximate surface area is 170 Å². The summed E-state index contributed by atoms with van der Waals surface area (Å²) in [6.45, 7) is 7.23. The van der Waals surface area contributed by atoms with Crippen LogP contribution in [0.25, 0.3) is 22.6 Å². The number of imidazole rings is 1. The van der Waals surface area contributed by atoms with Crippen LogP contribution in [-0.4, -0.2) is 54.3 Å². The van der Waals surface area contributed by atoms with Crippen LogP contribution >= 0.6 is 11.6 Å². The molecule has 1 fully saturated rings. The van der Waals surface area contributed by atoms with Gasteiger partial charge in [-0.15, -0.1) is 0 Å². The summed E-state index contributed by atoms with van der Waals surface area (Å²) in [5, 5.41) is 0.723. The molecule has 1 N–H and O–H groups in total. The summed E-state index contributed by atoms with van der Waals surface area (Å²) >= 11 is 5.99. The largest absolute Gasteiger partial charge is 0.492 e. The lowest BCUT2D eigenvalue weighted by molar-refractivity contribution is 0.0322. The van der Waals surface area contributed by atoms with Crippen molar-refractivity contribution in [3.05, 3.63) is 59.2 Å². The topological polar surface area (TPSA) is 50.4 Å². The third-order valence-corrected chi connectivity index (χ3v) is 5.16. The van der Waals surface area contributed by atoms with Gasteiger partial charge in [-0.25, -0.2) is 4.98 Å². The molecule has 146 valence electrons. The van der Waals surface area contributed by atoms with Crippen LogP contribution in [0.2, 0.25) is 5.02 Å². The number of aromatic amines is 1. The zero-order valence-electron chi connectivity index (χ0n) is 16.0. The van der Waals surface area contributed by atoms with Crippen molar-refractivity contribution in [3.8, 4) is 28.4 Å². The quantitative estimate of drug-likeness (QED) is 0.669. The Morgan fingerprint density at radius 2 is 1.71 bits per heavy atom. The second-order valence-corrected chi connectivity index (χ2v) is 7.33. The molecule has 5 nitrogen and oxygen atoms in total. The SMILES string of the molecule is Cc1[nH]c(-c2ccc(OCCN3CCOCC3)cc2)nc1-c1ccc(Cl)cc1. The molecule has 0 spiro atoms. The number of morpholine rings is 1. The van der Waals surface area contributed by atoms with Crippen molar-refractivity contribution in [1.29, 1.82) is 0 Å². The predicted molar refractivity (Wildman–Crippen MR) is 112 cm³/mol. The molecule has 2 aromatic carbocycles. The summed E-state index contributed by atoms with van der Waals surface area (Å²) in [5.74, 6) is 1.72. The van der Waals surface area contributed by atoms with Gasteiger partial charge < -0.3 is 14.5 Å². The van der Waals surface area contributed by atoms with Crippen LogP contribution in [0.15, 0.2) is 48.5 Å². The summed E-state index contributed by atoms with van der Waals surface area (Å²) in [6, 6.07) is 15.8. The van der Waals surface area contributed by atoms with Crippen molar-refractivity contribution < 1.29 is 9.47 Å². The van der Waals surface area contributed by atoms with E-state index in [2.05, 4.69) is 9.88 Å². The molecule has 6 heteroatoms. The lowest BCUT2D eigenvalue weighted by Gasteiger charge is -2.26. The van der Waals surface area contributed by atoms with Crippen molar-refractivity contribution in [2.45, 2.75) is 6.92 Å². The number of nitrogens with zero attached hydrogens (tertiary/aromatic N) is 2. The number of aryl methyl sites for hydroxylation is 1. The molecule has 0 unspecified atom stereocenters. The maximum Gasteiger partial charge on any atom is 0.138 e. The zero-order valence-corrected chi connectivity index (χ0v) is 16.7. The van der Waals surface area contributed by atoms with Gasteiger partial charge in [-0.3, -0.25) is 4.90 Å². The van der Waals surface area contributed by atoms with E-state index in [9.17, 15) is 0 Å². The van der Waals surface area contributed by atoms with Gasteiger partial charge in [0.25, 0.3) is 0 Å². The first kappa shape index (κ1) is 19.0. The van der Waals surface area contributed by atoms with Crippen molar-refractivity contribution in [2.24, 2.45) is 0 Å². The fourth-order valence-electron chi connectivity index (χ4n) is 3.31. The second-order valence-electron chi connectivity index (χ2n) is 6.89. The Bertz CT molecular complexity index is 901. The highest BCUT2D eigenvalue weighted by atomic mass is 35.5. The summed E-state index contributed by atoms with van der Waals surface area (Å²) in [5.41, 5.74) is 4.05. The van der Waals surface area contributed by atoms with E-state index in [4.69, 9.17) is 26.1 Å². The Morgan fingerprint density at radius 3 is 2.43 bits per heavy atom. The fourth-order valence-corrected chi connectivity index (χ4v) is 3.44. The first-order valence-corrected chi connectivity index (χ1v) is 9.93. The third-order valence-electron chi connectivity index (χ3n) is 4.91. The van der Waals surface area contributed by atoms with E-state index in [1.807, 2.05) is 55.5 Å². The minimum absolute atomic E-state index is 0.680. The monoisotopic (exact) mass is 397 g/mol. The van der Waals surface area contributed by atoms with Gasteiger partial charge in [-0.05, 0) is 43.3 Å². The summed E-state index contributed by atoms with van der Waals surface area (Å²) < 4.78 is 11.2. The number of halogens is 1. The van der Waals surface area contributed by atoms with E-state index in [0.29, 0.717) is 6.61 Å². The molecular weight excluding hydrogens is 374 g/mol. The van der Waals surface area contributed by atoms with Crippen LogP contribution in [-0.2, 0) is 4.74 Å². The Kier molecular flexibility index (Phi) is 5.95. The van der Waals surface area contributed by atoms with Gasteiger partial charge in [0.1, 0.15) is 18.2 Å². The maximum atomic E-state index is 5.99. The normalized spacial score (nSPS) is 14.9. The number of rotatable bonds is 6. The lowest BCUT2D eigenvalue weighted by atomic mass is 10.1. The highest BCUT2D eigenvalue weighted by Crippen LogP contribution is 2.27. The van der Waals surface area contributed by atoms with Gasteiger partial charge in [0.15, 0.2) is 0 Å². The van der Waals surface area contributed by atoms with E-state index in [1.165, 1.54) is 0 Å². The van der Waals surface area contributed by atoms with E-state index in [0.717, 1.165) is 72.0 Å². The van der Waals surface area contributed by atoms with E-state index in [1.54, 1.807) is 0 Å². The van der Waals surface area contributed by atoms with Gasteiger partial charge in [0, 0.05) is 41.5 Å². The molecule has 0 saturated carbocycles. The Morgan fingerprint density at radius 1 is 1.04 bits per heavy atom. The lowest BCUT2D eigenvalue weighted by Crippen LogP contribution is -2.38. The van der Waals surface area contributed by atoms with E-state index < -0.39 is 0 Å². The van der Waals surface area contributed by atoms with Crippen molar-refractivity contribution >= 4 is 11.6 Å². The highest BCUT2D eigenvalue weighted by molar-refractivity contribution is 6.30. The van der Waals surface area contributed by atoms with Gasteiger partial charge in [-0.1, -0.05) is 23.7 Å². The molecular formula is C22H24ClN3O2. The highest BCUT2D eigenvalue weighted by Gasteiger charge is 2.12. The third kappa shape index (κ3) is 4.55. The summed E-state index contributed by atoms with van der Waals surface area (Å²) in [4.78, 5) is 10.5. The first-order valence-electron chi connectivity index (χ1n) is 9.55. The van der Waals surface area contributed by atoms with Crippen molar-refractivity contribution in [1.82, 2.24) is 14.9 Å². The zero-order chi connectivity index (χ0) is 19.3. The predicted octanol–water partition coefficient (Wildman–Crippen LogP) is 4.42. The number of benzene rings is 2. The molecule has 0 radical (unpaired) electrons. The summed E-state index contributed by atoms with van der Waals surface area (Å²) in [6.07, 6.45) is 0. The van der Waals surface area contributed by atoms with Crippen LogP contribution in [0.4, 0.5) is 0 Å². The number of H-pyrrole nitrogens is 1. The summed E-state index contributed by atoms with van der Waals surface area (Å²) in [7, 11) is 0. The van der Waals surface area contributed by atoms with Gasteiger partial charge in [0.2, 0.25) is 0 Å². The van der Waals surface area contributed by atoms with Crippen LogP contribution < -0.4 is 4.74 Å². The minimum atomic E-state index is 0.680. The average Bonchev–Trinajstić information content (AvgIpc) is 3.11. The molecule has 1 aliphatic heterocycles. The smallest absolute Gasteiger partial charge is 0.138 e. The van der Waals surface area contributed by atoms with Gasteiger partial charge >= 0.3 is 0 Å². The minimum Gasteiger partial charge on any atom is -0.492 e. The molecule has 0 aliphatic carbocycles. The number of hydrogen-bond acceptors (Lipinski definition) is 4. The van der Waals surface area contributed by atoms with Crippen molar-refractivity contribution in [2.75, 3.05) is 39.5 Å². The number of ether oxygens (including phenoxy) is 2. The average molecular weight is 398 g/mol. The van der Waals surface area contributed by atoms with Gasteiger partial charge in [-0.2, -0.15) is 0 Å². The Hall–Kier alpha value is -2.34. The fraction of sp³-hybridized carbons (Fsp3) is 0.318. The van der Waals surface area contributed by atoms with Crippen molar-refractivity contribution in [3.63, 3.8) is 0 Å². The first-order chi connectivity index (χ1) is 13.7. The molecule has 4 rings (SSSR count). The van der Waals surface area contributed by atoms with Crippen LogP contribution in [0.3, 0.4) is 0 Å². The molecule has 2 heterocycles. The number of aromatic nitrogens is 2. The molecule has 1 aromatic heterocycles. The number of hydrogen-bond donors (Lipinski definition) is 1. The molecule has 3 aromatic rings. The number of nitrogens with one attached hydrogen (secondary N) is 1. The second kappa shape index (κ2) is 8.78.